The molecule has 0 aromatic heterocycles. The molecule has 1 aromatic carbocycles. The molecule has 0 unspecified atom stereocenters. The van der Waals surface area contributed by atoms with Crippen molar-refractivity contribution < 1.29 is 27.9 Å². The molecule has 1 aliphatic heterocycles. The van der Waals surface area contributed by atoms with Crippen molar-refractivity contribution in [3.8, 4) is 0 Å². The Kier molecular flexibility index (Phi) is 5.92. The van der Waals surface area contributed by atoms with Gasteiger partial charge in [0.15, 0.2) is 0 Å². The molecule has 0 bridgehead atoms. The average molecular weight is 358 g/mol. The number of nitrogens with zero attached hydrogens (tertiary/aromatic N) is 1. The standard InChI is InChI=1S/C17H21F3N2O3/c1-2-11-3-5-12(6-4-11)7-8-21-16(25)22-9-13(15(23)24)14(10-22)17(18,19)20/h3-6,13-14H,2,7-10H2,1H3,(H,21,25)(H,23,24)/t13-,14-/m1/s1. The van der Waals surface area contributed by atoms with Crippen molar-refractivity contribution in [2.24, 2.45) is 11.8 Å². The summed E-state index contributed by atoms with van der Waals surface area (Å²) in [4.78, 5) is 24.0. The number of aryl methyl sites for hydroxylation is 1. The van der Waals surface area contributed by atoms with Gasteiger partial charge in [-0.15, -0.1) is 0 Å². The van der Waals surface area contributed by atoms with Crippen LogP contribution in [0.15, 0.2) is 24.3 Å². The summed E-state index contributed by atoms with van der Waals surface area (Å²) in [5.41, 5.74) is 2.21. The highest BCUT2D eigenvalue weighted by Crippen LogP contribution is 2.37. The summed E-state index contributed by atoms with van der Waals surface area (Å²) >= 11 is 0. The number of carboxylic acid groups (broad SMARTS) is 1. The Labute approximate surface area is 143 Å². The third-order valence-corrected chi connectivity index (χ3v) is 4.47. The van der Waals surface area contributed by atoms with Gasteiger partial charge in [-0.2, -0.15) is 13.2 Å². The fourth-order valence-corrected chi connectivity index (χ4v) is 2.92. The Morgan fingerprint density at radius 3 is 2.28 bits per heavy atom. The third kappa shape index (κ3) is 4.87. The first-order chi connectivity index (χ1) is 11.7. The van der Waals surface area contributed by atoms with Crippen LogP contribution in [-0.2, 0) is 17.6 Å². The molecule has 1 aromatic rings. The van der Waals surface area contributed by atoms with Gasteiger partial charge in [0.25, 0.3) is 0 Å². The number of benzene rings is 1. The van der Waals surface area contributed by atoms with Gasteiger partial charge in [-0.1, -0.05) is 31.2 Å². The largest absolute Gasteiger partial charge is 0.481 e. The molecule has 0 saturated carbocycles. The van der Waals surface area contributed by atoms with Crippen LogP contribution in [0.25, 0.3) is 0 Å². The Morgan fingerprint density at radius 2 is 1.80 bits per heavy atom. The second-order valence-electron chi connectivity index (χ2n) is 6.15. The lowest BCUT2D eigenvalue weighted by Crippen LogP contribution is -2.40. The lowest BCUT2D eigenvalue weighted by atomic mass is 9.96. The first kappa shape index (κ1) is 19.1. The molecular weight excluding hydrogens is 337 g/mol. The summed E-state index contributed by atoms with van der Waals surface area (Å²) in [5.74, 6) is -5.18. The number of halogens is 3. The van der Waals surface area contributed by atoms with Crippen LogP contribution in [0, 0.1) is 11.8 Å². The molecule has 0 radical (unpaired) electrons. The van der Waals surface area contributed by atoms with Crippen LogP contribution in [0.1, 0.15) is 18.1 Å². The van der Waals surface area contributed by atoms with E-state index in [-0.39, 0.29) is 6.54 Å². The maximum Gasteiger partial charge on any atom is 0.394 e. The second kappa shape index (κ2) is 7.76. The van der Waals surface area contributed by atoms with Crippen LogP contribution in [0.2, 0.25) is 0 Å². The van der Waals surface area contributed by atoms with Gasteiger partial charge in [-0.05, 0) is 24.0 Å². The van der Waals surface area contributed by atoms with Crippen molar-refractivity contribution in [1.82, 2.24) is 10.2 Å². The van der Waals surface area contributed by atoms with E-state index in [4.69, 9.17) is 5.11 Å². The number of urea groups is 1. The number of likely N-dealkylation sites (tertiary alicyclic amines) is 1. The molecule has 138 valence electrons. The zero-order valence-electron chi connectivity index (χ0n) is 13.8. The molecule has 2 rings (SSSR count). The molecule has 2 amide bonds. The van der Waals surface area contributed by atoms with E-state index in [1.807, 2.05) is 31.2 Å². The lowest BCUT2D eigenvalue weighted by molar-refractivity contribution is -0.187. The summed E-state index contributed by atoms with van der Waals surface area (Å²) in [6.07, 6.45) is -3.16. The molecule has 25 heavy (non-hydrogen) atoms. The topological polar surface area (TPSA) is 69.6 Å². The molecule has 2 N–H and O–H groups in total. The van der Waals surface area contributed by atoms with E-state index in [0.717, 1.165) is 16.9 Å². The number of hydrogen-bond donors (Lipinski definition) is 2. The van der Waals surface area contributed by atoms with E-state index in [0.29, 0.717) is 6.42 Å². The number of amides is 2. The van der Waals surface area contributed by atoms with E-state index in [9.17, 15) is 22.8 Å². The highest BCUT2D eigenvalue weighted by atomic mass is 19.4. The molecule has 1 saturated heterocycles. The number of nitrogens with one attached hydrogen (secondary N) is 1. The molecule has 2 atom stereocenters. The van der Waals surface area contributed by atoms with E-state index in [1.54, 1.807) is 0 Å². The number of carbonyl (C=O) groups excluding carboxylic acids is 1. The van der Waals surface area contributed by atoms with Crippen molar-refractivity contribution in [2.75, 3.05) is 19.6 Å². The normalized spacial score (nSPS) is 20.6. The molecule has 1 heterocycles. The highest BCUT2D eigenvalue weighted by molar-refractivity contribution is 5.77. The molecule has 1 fully saturated rings. The van der Waals surface area contributed by atoms with Gasteiger partial charge in [0.1, 0.15) is 0 Å². The Hall–Kier alpha value is -2.25. The molecular formula is C17H21F3N2O3. The van der Waals surface area contributed by atoms with Crippen LogP contribution in [0.4, 0.5) is 18.0 Å². The fourth-order valence-electron chi connectivity index (χ4n) is 2.92. The number of alkyl halides is 3. The van der Waals surface area contributed by atoms with Gasteiger partial charge in [-0.25, -0.2) is 4.79 Å². The Morgan fingerprint density at radius 1 is 1.20 bits per heavy atom. The van der Waals surface area contributed by atoms with Gasteiger partial charge >= 0.3 is 18.2 Å². The van der Waals surface area contributed by atoms with Crippen LogP contribution >= 0.6 is 0 Å². The average Bonchev–Trinajstić information content (AvgIpc) is 3.01. The monoisotopic (exact) mass is 358 g/mol. The lowest BCUT2D eigenvalue weighted by Gasteiger charge is -2.18. The summed E-state index contributed by atoms with van der Waals surface area (Å²) < 4.78 is 38.8. The van der Waals surface area contributed by atoms with E-state index < -0.39 is 43.1 Å². The minimum Gasteiger partial charge on any atom is -0.481 e. The zero-order valence-corrected chi connectivity index (χ0v) is 13.8. The van der Waals surface area contributed by atoms with Crippen LogP contribution in [0.3, 0.4) is 0 Å². The van der Waals surface area contributed by atoms with Crippen LogP contribution in [0.5, 0.6) is 0 Å². The van der Waals surface area contributed by atoms with Crippen molar-refractivity contribution in [3.63, 3.8) is 0 Å². The van der Waals surface area contributed by atoms with E-state index in [2.05, 4.69) is 5.32 Å². The molecule has 0 aliphatic carbocycles. The summed E-state index contributed by atoms with van der Waals surface area (Å²) in [6.45, 7) is 1.26. The maximum absolute atomic E-state index is 12.9. The fraction of sp³-hybridized carbons (Fsp3) is 0.529. The number of hydrogen-bond acceptors (Lipinski definition) is 2. The minimum absolute atomic E-state index is 0.273. The number of aliphatic carboxylic acids is 1. The summed E-state index contributed by atoms with van der Waals surface area (Å²) in [6, 6.07) is 7.21. The quantitative estimate of drug-likeness (QED) is 0.850. The Balaban J connectivity index is 1.87. The highest BCUT2D eigenvalue weighted by Gasteiger charge is 2.53. The number of carboxylic acids is 1. The molecule has 5 nitrogen and oxygen atoms in total. The predicted octanol–water partition coefficient (Wildman–Crippen LogP) is 2.70. The number of rotatable bonds is 5. The molecule has 1 aliphatic rings. The first-order valence-electron chi connectivity index (χ1n) is 8.12. The minimum atomic E-state index is -4.64. The molecule has 8 heteroatoms. The zero-order chi connectivity index (χ0) is 18.6. The predicted molar refractivity (Wildman–Crippen MR) is 85.2 cm³/mol. The molecule has 0 spiro atoms. The third-order valence-electron chi connectivity index (χ3n) is 4.47. The second-order valence-corrected chi connectivity index (χ2v) is 6.15. The van der Waals surface area contributed by atoms with Gasteiger partial charge < -0.3 is 15.3 Å². The summed E-state index contributed by atoms with van der Waals surface area (Å²) in [5, 5.41) is 11.5. The van der Waals surface area contributed by atoms with E-state index >= 15 is 0 Å². The van der Waals surface area contributed by atoms with Crippen LogP contribution in [-0.4, -0.2) is 47.8 Å². The van der Waals surface area contributed by atoms with Crippen molar-refractivity contribution >= 4 is 12.0 Å². The van der Waals surface area contributed by atoms with Gasteiger partial charge in [0.05, 0.1) is 11.8 Å². The summed E-state index contributed by atoms with van der Waals surface area (Å²) in [7, 11) is 0. The smallest absolute Gasteiger partial charge is 0.394 e. The maximum atomic E-state index is 12.9. The SMILES string of the molecule is CCc1ccc(CCNC(=O)N2C[C@@H](C(F)(F)F)[C@H](C(=O)O)C2)cc1. The van der Waals surface area contributed by atoms with Crippen molar-refractivity contribution in [2.45, 2.75) is 25.9 Å². The first-order valence-corrected chi connectivity index (χ1v) is 8.12. The van der Waals surface area contributed by atoms with Crippen molar-refractivity contribution in [3.05, 3.63) is 35.4 Å². The van der Waals surface area contributed by atoms with Gasteiger partial charge in [-0.3, -0.25) is 4.79 Å². The van der Waals surface area contributed by atoms with E-state index in [1.165, 1.54) is 5.56 Å². The van der Waals surface area contributed by atoms with Crippen molar-refractivity contribution in [1.29, 1.82) is 0 Å². The number of carbonyl (C=O) groups is 2. The van der Waals surface area contributed by atoms with Gasteiger partial charge in [0.2, 0.25) is 0 Å². The van der Waals surface area contributed by atoms with Gasteiger partial charge in [0, 0.05) is 19.6 Å². The van der Waals surface area contributed by atoms with Crippen LogP contribution < -0.4 is 5.32 Å². The Bertz CT molecular complexity index is 617.